The van der Waals surface area contributed by atoms with Gasteiger partial charge in [-0.25, -0.2) is 0 Å². The summed E-state index contributed by atoms with van der Waals surface area (Å²) in [6.07, 6.45) is 1.17. The molecule has 0 aliphatic carbocycles. The van der Waals surface area contributed by atoms with E-state index in [0.717, 1.165) is 25.0 Å². The fourth-order valence-corrected chi connectivity index (χ4v) is 2.41. The Morgan fingerprint density at radius 2 is 2.11 bits per heavy atom. The average molecular weight is 267 g/mol. The Morgan fingerprint density at radius 3 is 2.67 bits per heavy atom. The third-order valence-electron chi connectivity index (χ3n) is 2.84. The van der Waals surface area contributed by atoms with Crippen molar-refractivity contribution in [1.82, 2.24) is 10.6 Å². The van der Waals surface area contributed by atoms with Crippen LogP contribution < -0.4 is 10.6 Å². The molecule has 102 valence electrons. The van der Waals surface area contributed by atoms with Crippen molar-refractivity contribution in [3.05, 3.63) is 22.4 Å². The molecule has 0 saturated heterocycles. The van der Waals surface area contributed by atoms with Gasteiger partial charge in [-0.2, -0.15) is 0 Å². The van der Waals surface area contributed by atoms with Gasteiger partial charge in [0, 0.05) is 30.9 Å². The zero-order chi connectivity index (χ0) is 13.4. The topological polar surface area (TPSA) is 36.4 Å². The van der Waals surface area contributed by atoms with E-state index in [1.54, 1.807) is 0 Å². The summed E-state index contributed by atoms with van der Waals surface area (Å²) < 4.78 is 0. The number of rotatable bonds is 6. The molecular weight excluding hydrogens is 242 g/mol. The molecule has 1 aromatic heterocycles. The summed E-state index contributed by atoms with van der Waals surface area (Å²) in [6.45, 7) is 8.60. The monoisotopic (exact) mass is 267 g/mol. The molecule has 3 nitrogen and oxygen atoms in total. The predicted molar refractivity (Wildman–Crippen MR) is 81.6 cm³/mol. The molecule has 0 aliphatic rings. The molecule has 0 aliphatic heterocycles. The van der Waals surface area contributed by atoms with Gasteiger partial charge in [0.15, 0.2) is 5.96 Å². The Labute approximate surface area is 115 Å². The summed E-state index contributed by atoms with van der Waals surface area (Å²) in [4.78, 5) is 5.65. The van der Waals surface area contributed by atoms with Crippen LogP contribution in [0.4, 0.5) is 0 Å². The van der Waals surface area contributed by atoms with E-state index in [2.05, 4.69) is 53.9 Å². The van der Waals surface area contributed by atoms with Gasteiger partial charge in [0.2, 0.25) is 0 Å². The molecule has 1 unspecified atom stereocenters. The minimum absolute atomic E-state index is 0.522. The Morgan fingerprint density at radius 1 is 1.33 bits per heavy atom. The van der Waals surface area contributed by atoms with Crippen molar-refractivity contribution < 1.29 is 0 Å². The fourth-order valence-electron chi connectivity index (χ4n) is 1.62. The minimum atomic E-state index is 0.522. The second-order valence-electron chi connectivity index (χ2n) is 4.98. The van der Waals surface area contributed by atoms with Crippen LogP contribution in [0.3, 0.4) is 0 Å². The molecule has 0 aromatic carbocycles. The fraction of sp³-hybridized carbons (Fsp3) is 0.643. The van der Waals surface area contributed by atoms with E-state index in [-0.39, 0.29) is 0 Å². The van der Waals surface area contributed by atoms with Gasteiger partial charge in [-0.1, -0.05) is 26.8 Å². The van der Waals surface area contributed by atoms with Crippen LogP contribution in [0.5, 0.6) is 0 Å². The first kappa shape index (κ1) is 15.0. The number of nitrogens with zero attached hydrogens (tertiary/aromatic N) is 1. The summed E-state index contributed by atoms with van der Waals surface area (Å²) in [7, 11) is 1.82. The summed E-state index contributed by atoms with van der Waals surface area (Å²) >= 11 is 1.81. The molecule has 0 saturated carbocycles. The smallest absolute Gasteiger partial charge is 0.190 e. The highest BCUT2D eigenvalue weighted by atomic mass is 32.1. The number of nitrogens with one attached hydrogen (secondary N) is 2. The van der Waals surface area contributed by atoms with E-state index in [0.29, 0.717) is 5.92 Å². The third-order valence-corrected chi connectivity index (χ3v) is 3.95. The van der Waals surface area contributed by atoms with Gasteiger partial charge >= 0.3 is 0 Å². The van der Waals surface area contributed by atoms with Crippen LogP contribution in [0.1, 0.15) is 38.0 Å². The summed E-state index contributed by atoms with van der Waals surface area (Å²) in [6, 6.07) is 4.29. The second-order valence-corrected chi connectivity index (χ2v) is 5.96. The lowest BCUT2D eigenvalue weighted by atomic mass is 10.1. The van der Waals surface area contributed by atoms with Crippen LogP contribution in [0.15, 0.2) is 22.5 Å². The van der Waals surface area contributed by atoms with E-state index in [1.807, 2.05) is 18.4 Å². The lowest BCUT2D eigenvalue weighted by molar-refractivity contribution is 0.572. The van der Waals surface area contributed by atoms with E-state index >= 15 is 0 Å². The zero-order valence-electron chi connectivity index (χ0n) is 11.9. The third kappa shape index (κ3) is 5.54. The van der Waals surface area contributed by atoms with Crippen molar-refractivity contribution in [1.29, 1.82) is 0 Å². The van der Waals surface area contributed by atoms with Crippen LogP contribution in [-0.2, 0) is 0 Å². The number of hydrogen-bond acceptors (Lipinski definition) is 2. The second kappa shape index (κ2) is 8.14. The van der Waals surface area contributed by atoms with Gasteiger partial charge in [-0.05, 0) is 23.8 Å². The van der Waals surface area contributed by atoms with E-state index in [4.69, 9.17) is 0 Å². The van der Waals surface area contributed by atoms with Gasteiger partial charge < -0.3 is 10.6 Å². The first-order valence-electron chi connectivity index (χ1n) is 6.61. The van der Waals surface area contributed by atoms with Gasteiger partial charge in [-0.15, -0.1) is 11.3 Å². The molecule has 1 atom stereocenters. The number of thiophene rings is 1. The Hall–Kier alpha value is -1.03. The molecule has 4 heteroatoms. The highest BCUT2D eigenvalue weighted by Gasteiger charge is 2.07. The van der Waals surface area contributed by atoms with Crippen molar-refractivity contribution in [3.63, 3.8) is 0 Å². The summed E-state index contributed by atoms with van der Waals surface area (Å²) in [5, 5.41) is 8.85. The van der Waals surface area contributed by atoms with Gasteiger partial charge in [0.1, 0.15) is 0 Å². The summed E-state index contributed by atoms with van der Waals surface area (Å²) in [5.41, 5.74) is 0. The normalized spacial score (nSPS) is 13.7. The summed E-state index contributed by atoms with van der Waals surface area (Å²) in [5.74, 6) is 2.15. The zero-order valence-corrected chi connectivity index (χ0v) is 12.7. The van der Waals surface area contributed by atoms with E-state index < -0.39 is 0 Å². The first-order valence-corrected chi connectivity index (χ1v) is 7.49. The van der Waals surface area contributed by atoms with Crippen molar-refractivity contribution in [3.8, 4) is 0 Å². The van der Waals surface area contributed by atoms with Crippen LogP contribution >= 0.6 is 11.3 Å². The van der Waals surface area contributed by atoms with Gasteiger partial charge in [0.05, 0.1) is 0 Å². The highest BCUT2D eigenvalue weighted by molar-refractivity contribution is 7.10. The largest absolute Gasteiger partial charge is 0.356 e. The maximum Gasteiger partial charge on any atom is 0.190 e. The maximum atomic E-state index is 4.24. The van der Waals surface area contributed by atoms with Crippen molar-refractivity contribution in [2.24, 2.45) is 10.9 Å². The number of hydrogen-bond donors (Lipinski definition) is 2. The minimum Gasteiger partial charge on any atom is -0.356 e. The molecule has 0 bridgehead atoms. The molecular formula is C14H25N3S. The van der Waals surface area contributed by atoms with Crippen LogP contribution in [-0.4, -0.2) is 26.1 Å². The molecule has 0 radical (unpaired) electrons. The molecule has 2 N–H and O–H groups in total. The average Bonchev–Trinajstić information content (AvgIpc) is 2.86. The Bertz CT molecular complexity index is 344. The van der Waals surface area contributed by atoms with Crippen molar-refractivity contribution in [2.45, 2.75) is 33.1 Å². The molecule has 1 heterocycles. The molecule has 0 amide bonds. The molecule has 0 spiro atoms. The molecule has 0 fully saturated rings. The van der Waals surface area contributed by atoms with E-state index in [9.17, 15) is 0 Å². The van der Waals surface area contributed by atoms with Crippen LogP contribution in [0.2, 0.25) is 0 Å². The first-order chi connectivity index (χ1) is 8.63. The maximum absolute atomic E-state index is 4.24. The predicted octanol–water partition coefficient (Wildman–Crippen LogP) is 3.06. The molecule has 1 aromatic rings. The lowest BCUT2D eigenvalue weighted by Crippen LogP contribution is -2.39. The van der Waals surface area contributed by atoms with E-state index in [1.165, 1.54) is 11.3 Å². The highest BCUT2D eigenvalue weighted by Crippen LogP contribution is 2.19. The quantitative estimate of drug-likeness (QED) is 0.614. The van der Waals surface area contributed by atoms with Gasteiger partial charge in [0.25, 0.3) is 0 Å². The van der Waals surface area contributed by atoms with Crippen LogP contribution in [0, 0.1) is 5.92 Å². The Balaban J connectivity index is 2.27. The SMILES string of the molecule is CN=C(NCCC(C)C)NCC(C)c1cccs1. The molecule has 18 heavy (non-hydrogen) atoms. The lowest BCUT2D eigenvalue weighted by Gasteiger charge is -2.15. The number of aliphatic imine (C=N–C) groups is 1. The Kier molecular flexibility index (Phi) is 6.80. The van der Waals surface area contributed by atoms with Crippen molar-refractivity contribution in [2.75, 3.05) is 20.1 Å². The standard InChI is InChI=1S/C14H25N3S/c1-11(2)7-8-16-14(15-4)17-10-12(3)13-6-5-9-18-13/h5-6,9,11-12H,7-8,10H2,1-4H3,(H2,15,16,17). The van der Waals surface area contributed by atoms with Crippen LogP contribution in [0.25, 0.3) is 0 Å². The number of guanidine groups is 1. The van der Waals surface area contributed by atoms with Crippen molar-refractivity contribution >= 4 is 17.3 Å². The van der Waals surface area contributed by atoms with Gasteiger partial charge in [-0.3, -0.25) is 4.99 Å². The molecule has 1 rings (SSSR count).